The maximum Gasteiger partial charge on any atom is 0.226 e. The molecule has 0 aliphatic carbocycles. The van der Waals surface area contributed by atoms with Crippen LogP contribution in [-0.4, -0.2) is 28.9 Å². The molecule has 132 valence electrons. The summed E-state index contributed by atoms with van der Waals surface area (Å²) in [6.45, 7) is 7.51. The zero-order chi connectivity index (χ0) is 17.8. The Hall–Kier alpha value is -2.36. The molecule has 0 spiro atoms. The van der Waals surface area contributed by atoms with Crippen LogP contribution in [0, 0.1) is 19.8 Å². The molecule has 1 aromatic heterocycles. The van der Waals surface area contributed by atoms with Gasteiger partial charge in [0.15, 0.2) is 0 Å². The molecule has 1 aliphatic heterocycles. The average Bonchev–Trinajstić information content (AvgIpc) is 2.99. The van der Waals surface area contributed by atoms with Gasteiger partial charge in [0.2, 0.25) is 5.91 Å². The molecule has 25 heavy (non-hydrogen) atoms. The van der Waals surface area contributed by atoms with Crippen LogP contribution >= 0.6 is 0 Å². The Bertz CT molecular complexity index is 730. The fourth-order valence-corrected chi connectivity index (χ4v) is 3.56. The topological polar surface area (TPSA) is 42.4 Å². The second kappa shape index (κ2) is 7.68. The molecule has 3 rings (SSSR count). The van der Waals surface area contributed by atoms with Crippen LogP contribution in [0.3, 0.4) is 0 Å². The molecule has 2 heterocycles. The first-order valence-electron chi connectivity index (χ1n) is 8.94. The first kappa shape index (κ1) is 17.5. The van der Waals surface area contributed by atoms with Gasteiger partial charge in [-0.25, -0.2) is 0 Å². The second-order valence-corrected chi connectivity index (χ2v) is 7.06. The number of aromatic nitrogens is 1. The summed E-state index contributed by atoms with van der Waals surface area (Å²) >= 11 is 0. The Morgan fingerprint density at radius 3 is 2.88 bits per heavy atom. The summed E-state index contributed by atoms with van der Waals surface area (Å²) in [5, 5.41) is 0. The lowest BCUT2D eigenvalue weighted by molar-refractivity contribution is -0.132. The van der Waals surface area contributed by atoms with Crippen LogP contribution in [0.4, 0.5) is 0 Å². The normalized spacial score (nSPS) is 19.9. The largest absolute Gasteiger partial charge is 0.493 e. The number of amides is 1. The first-order valence-corrected chi connectivity index (χ1v) is 8.94. The van der Waals surface area contributed by atoms with E-state index in [1.807, 2.05) is 36.2 Å². The van der Waals surface area contributed by atoms with E-state index in [0.29, 0.717) is 18.9 Å². The van der Waals surface area contributed by atoms with Gasteiger partial charge in [0.25, 0.3) is 0 Å². The van der Waals surface area contributed by atoms with Crippen LogP contribution in [-0.2, 0) is 4.79 Å². The van der Waals surface area contributed by atoms with E-state index < -0.39 is 0 Å². The Kier molecular flexibility index (Phi) is 5.37. The van der Waals surface area contributed by atoms with Gasteiger partial charge >= 0.3 is 0 Å². The number of pyridine rings is 1. The third-order valence-corrected chi connectivity index (χ3v) is 4.80. The number of benzene rings is 1. The van der Waals surface area contributed by atoms with Crippen molar-refractivity contribution in [2.45, 2.75) is 39.7 Å². The number of aryl methyl sites for hydroxylation is 2. The molecular formula is C21H26N2O2. The Morgan fingerprint density at radius 2 is 2.16 bits per heavy atom. The quantitative estimate of drug-likeness (QED) is 0.825. The summed E-state index contributed by atoms with van der Waals surface area (Å²) in [6.07, 6.45) is 5.03. The first-order chi connectivity index (χ1) is 12.0. The third-order valence-electron chi connectivity index (χ3n) is 4.80. The van der Waals surface area contributed by atoms with Gasteiger partial charge in [-0.3, -0.25) is 9.78 Å². The summed E-state index contributed by atoms with van der Waals surface area (Å²) in [5.41, 5.74) is 3.44. The number of carbonyl (C=O) groups excluding carboxylic acids is 1. The van der Waals surface area contributed by atoms with Crippen LogP contribution in [0.2, 0.25) is 0 Å². The van der Waals surface area contributed by atoms with Crippen molar-refractivity contribution in [2.75, 3.05) is 13.2 Å². The summed E-state index contributed by atoms with van der Waals surface area (Å²) in [7, 11) is 0. The maximum absolute atomic E-state index is 12.7. The minimum Gasteiger partial charge on any atom is -0.493 e. The lowest BCUT2D eigenvalue weighted by Gasteiger charge is -2.25. The summed E-state index contributed by atoms with van der Waals surface area (Å²) < 4.78 is 5.83. The van der Waals surface area contributed by atoms with Crippen LogP contribution < -0.4 is 4.74 Å². The minimum absolute atomic E-state index is 0.136. The zero-order valence-electron chi connectivity index (χ0n) is 15.2. The van der Waals surface area contributed by atoms with E-state index in [9.17, 15) is 4.79 Å². The predicted molar refractivity (Wildman–Crippen MR) is 98.5 cm³/mol. The highest BCUT2D eigenvalue weighted by Crippen LogP contribution is 2.35. The fourth-order valence-electron chi connectivity index (χ4n) is 3.56. The van der Waals surface area contributed by atoms with Gasteiger partial charge in [-0.2, -0.15) is 0 Å². The van der Waals surface area contributed by atoms with Crippen LogP contribution in [0.1, 0.15) is 42.5 Å². The molecule has 0 radical (unpaired) electrons. The molecule has 1 amide bonds. The number of hydrogen-bond donors (Lipinski definition) is 0. The number of carbonyl (C=O) groups is 1. The van der Waals surface area contributed by atoms with Crippen molar-refractivity contribution in [3.63, 3.8) is 0 Å². The monoisotopic (exact) mass is 338 g/mol. The molecule has 2 aromatic rings. The van der Waals surface area contributed by atoms with Crippen molar-refractivity contribution in [2.24, 2.45) is 5.92 Å². The zero-order valence-corrected chi connectivity index (χ0v) is 15.2. The highest BCUT2D eigenvalue weighted by molar-refractivity contribution is 5.77. The standard InChI is InChI=1S/C21H26N2O2/c1-15-6-7-20(17(3)11-15)25-10-8-21(24)23-14-16(2)12-19(23)18-5-4-9-22-13-18/h4-7,9,11,13,16,19H,8,10,12,14H2,1-3H3/t16-,19+/m0/s1. The van der Waals surface area contributed by atoms with Crippen molar-refractivity contribution < 1.29 is 9.53 Å². The molecule has 0 N–H and O–H groups in total. The predicted octanol–water partition coefficient (Wildman–Crippen LogP) is 4.08. The van der Waals surface area contributed by atoms with E-state index in [0.717, 1.165) is 29.8 Å². The number of ether oxygens (including phenoxy) is 1. The number of nitrogens with zero attached hydrogens (tertiary/aromatic N) is 2. The third kappa shape index (κ3) is 4.19. The van der Waals surface area contributed by atoms with Crippen LogP contribution in [0.15, 0.2) is 42.7 Å². The van der Waals surface area contributed by atoms with Crippen molar-refractivity contribution in [3.8, 4) is 5.75 Å². The van der Waals surface area contributed by atoms with Gasteiger partial charge in [-0.05, 0) is 49.4 Å². The molecule has 0 bridgehead atoms. The van der Waals surface area contributed by atoms with E-state index in [-0.39, 0.29) is 11.9 Å². The molecule has 2 atom stereocenters. The second-order valence-electron chi connectivity index (χ2n) is 7.06. The van der Waals surface area contributed by atoms with Gasteiger partial charge < -0.3 is 9.64 Å². The fraction of sp³-hybridized carbons (Fsp3) is 0.429. The van der Waals surface area contributed by atoms with Gasteiger partial charge in [0, 0.05) is 18.9 Å². The molecule has 1 aromatic carbocycles. The summed E-state index contributed by atoms with van der Waals surface area (Å²) in [4.78, 5) is 18.9. The van der Waals surface area contributed by atoms with Crippen LogP contribution in [0.25, 0.3) is 0 Å². The number of hydrogen-bond acceptors (Lipinski definition) is 3. The number of likely N-dealkylation sites (tertiary alicyclic amines) is 1. The van der Waals surface area contributed by atoms with Gasteiger partial charge in [0.1, 0.15) is 5.75 Å². The van der Waals surface area contributed by atoms with Crippen molar-refractivity contribution >= 4 is 5.91 Å². The highest BCUT2D eigenvalue weighted by atomic mass is 16.5. The van der Waals surface area contributed by atoms with E-state index >= 15 is 0 Å². The Balaban J connectivity index is 1.60. The lowest BCUT2D eigenvalue weighted by Crippen LogP contribution is -2.32. The van der Waals surface area contributed by atoms with Gasteiger partial charge in [0.05, 0.1) is 19.1 Å². The molecular weight excluding hydrogens is 312 g/mol. The average molecular weight is 338 g/mol. The molecule has 0 unspecified atom stereocenters. The summed E-state index contributed by atoms with van der Waals surface area (Å²) in [5.74, 6) is 1.52. The SMILES string of the molecule is Cc1ccc(OCCC(=O)N2C[C@@H](C)C[C@@H]2c2cccnc2)c(C)c1. The molecule has 0 saturated carbocycles. The Labute approximate surface area is 149 Å². The maximum atomic E-state index is 12.7. The van der Waals surface area contributed by atoms with Crippen molar-refractivity contribution in [3.05, 3.63) is 59.4 Å². The molecule has 4 heteroatoms. The van der Waals surface area contributed by atoms with Gasteiger partial charge in [-0.15, -0.1) is 0 Å². The molecule has 1 saturated heterocycles. The van der Waals surface area contributed by atoms with Crippen molar-refractivity contribution in [1.82, 2.24) is 9.88 Å². The molecule has 1 aliphatic rings. The number of rotatable bonds is 5. The van der Waals surface area contributed by atoms with Gasteiger partial charge in [-0.1, -0.05) is 30.7 Å². The van der Waals surface area contributed by atoms with E-state index in [1.165, 1.54) is 5.56 Å². The van der Waals surface area contributed by atoms with Crippen LogP contribution in [0.5, 0.6) is 5.75 Å². The van der Waals surface area contributed by atoms with E-state index in [2.05, 4.69) is 31.0 Å². The van der Waals surface area contributed by atoms with Crippen molar-refractivity contribution in [1.29, 1.82) is 0 Å². The lowest BCUT2D eigenvalue weighted by atomic mass is 10.0. The Morgan fingerprint density at radius 1 is 1.32 bits per heavy atom. The smallest absolute Gasteiger partial charge is 0.226 e. The summed E-state index contributed by atoms with van der Waals surface area (Å²) in [6, 6.07) is 10.2. The molecule has 1 fully saturated rings. The van der Waals surface area contributed by atoms with E-state index in [4.69, 9.17) is 4.74 Å². The minimum atomic E-state index is 0.136. The van der Waals surface area contributed by atoms with E-state index in [1.54, 1.807) is 6.20 Å². The highest BCUT2D eigenvalue weighted by Gasteiger charge is 2.33. The molecule has 4 nitrogen and oxygen atoms in total.